The fourth-order valence-corrected chi connectivity index (χ4v) is 1.46. The van der Waals surface area contributed by atoms with Crippen molar-refractivity contribution in [2.75, 3.05) is 18.0 Å². The number of aliphatic carboxylic acids is 1. The van der Waals surface area contributed by atoms with Gasteiger partial charge in [-0.15, -0.1) is 6.58 Å². The summed E-state index contributed by atoms with van der Waals surface area (Å²) in [5.74, 6) is -0.0280. The molecule has 1 heterocycles. The van der Waals surface area contributed by atoms with Crippen LogP contribution in [0.1, 0.15) is 25.6 Å². The van der Waals surface area contributed by atoms with Gasteiger partial charge in [0.1, 0.15) is 18.2 Å². The number of nitrogens with zero attached hydrogens (tertiary/aromatic N) is 2. The van der Waals surface area contributed by atoms with Gasteiger partial charge in [0.2, 0.25) is 0 Å². The molecule has 0 aliphatic carbocycles. The van der Waals surface area contributed by atoms with Crippen LogP contribution in [-0.4, -0.2) is 34.1 Å². The van der Waals surface area contributed by atoms with E-state index in [0.717, 1.165) is 0 Å². The van der Waals surface area contributed by atoms with Crippen LogP contribution in [0.4, 0.5) is 5.82 Å². The molecule has 0 aromatic carbocycles. The fourth-order valence-electron chi connectivity index (χ4n) is 1.46. The van der Waals surface area contributed by atoms with Crippen LogP contribution < -0.4 is 10.5 Å². The van der Waals surface area contributed by atoms with E-state index in [1.807, 2.05) is 13.8 Å². The highest BCUT2D eigenvalue weighted by Gasteiger charge is 2.13. The van der Waals surface area contributed by atoms with Crippen molar-refractivity contribution >= 4 is 11.8 Å². The van der Waals surface area contributed by atoms with E-state index in [4.69, 9.17) is 5.11 Å². The zero-order valence-electron chi connectivity index (χ0n) is 10.5. The highest BCUT2D eigenvalue weighted by molar-refractivity contribution is 5.73. The lowest BCUT2D eigenvalue weighted by Crippen LogP contribution is -2.32. The summed E-state index contributed by atoms with van der Waals surface area (Å²) in [5, 5.41) is 8.83. The Morgan fingerprint density at radius 1 is 1.67 bits per heavy atom. The van der Waals surface area contributed by atoms with E-state index < -0.39 is 5.97 Å². The molecule has 0 atom stereocenters. The number of H-pyrrole nitrogens is 1. The van der Waals surface area contributed by atoms with Gasteiger partial charge in [0.15, 0.2) is 0 Å². The lowest BCUT2D eigenvalue weighted by molar-refractivity contribution is -0.135. The molecule has 0 fully saturated rings. The first kappa shape index (κ1) is 14.0. The summed E-state index contributed by atoms with van der Waals surface area (Å²) in [4.78, 5) is 30.7. The molecule has 0 spiro atoms. The Hall–Kier alpha value is -2.11. The lowest BCUT2D eigenvalue weighted by atomic mass is 10.2. The summed E-state index contributed by atoms with van der Waals surface area (Å²) in [6.45, 7) is 7.46. The molecule has 0 unspecified atom stereocenters. The molecule has 1 aromatic heterocycles. The number of aromatic nitrogens is 2. The summed E-state index contributed by atoms with van der Waals surface area (Å²) < 4.78 is 0. The largest absolute Gasteiger partial charge is 0.480 e. The Morgan fingerprint density at radius 2 is 2.33 bits per heavy atom. The number of nitrogens with one attached hydrogen (secondary N) is 1. The number of carboxylic acids is 1. The lowest BCUT2D eigenvalue weighted by Gasteiger charge is -2.20. The monoisotopic (exact) mass is 251 g/mol. The van der Waals surface area contributed by atoms with Gasteiger partial charge < -0.3 is 15.0 Å². The molecule has 98 valence electrons. The van der Waals surface area contributed by atoms with Gasteiger partial charge in [0, 0.05) is 18.5 Å². The number of rotatable bonds is 6. The zero-order chi connectivity index (χ0) is 13.7. The summed E-state index contributed by atoms with van der Waals surface area (Å²) in [5.41, 5.74) is -0.289. The van der Waals surface area contributed by atoms with Crippen LogP contribution in [0.5, 0.6) is 0 Å². The summed E-state index contributed by atoms with van der Waals surface area (Å²) >= 11 is 0. The Bertz CT molecular complexity index is 494. The van der Waals surface area contributed by atoms with Crippen molar-refractivity contribution in [3.63, 3.8) is 0 Å². The minimum atomic E-state index is -0.981. The van der Waals surface area contributed by atoms with Crippen LogP contribution in [-0.2, 0) is 4.79 Å². The molecule has 0 aliphatic heterocycles. The summed E-state index contributed by atoms with van der Waals surface area (Å²) in [7, 11) is 0. The van der Waals surface area contributed by atoms with Crippen molar-refractivity contribution < 1.29 is 9.90 Å². The van der Waals surface area contributed by atoms with Crippen LogP contribution in [0, 0.1) is 0 Å². The van der Waals surface area contributed by atoms with E-state index in [0.29, 0.717) is 18.2 Å². The number of hydrogen-bond acceptors (Lipinski definition) is 4. The van der Waals surface area contributed by atoms with Gasteiger partial charge in [-0.05, 0) is 0 Å². The molecular weight excluding hydrogens is 234 g/mol. The molecule has 0 radical (unpaired) electrons. The second-order valence-corrected chi connectivity index (χ2v) is 4.21. The van der Waals surface area contributed by atoms with Crippen LogP contribution in [0.3, 0.4) is 0 Å². The molecule has 0 saturated carbocycles. The number of carboxylic acid groups (broad SMARTS) is 1. The van der Waals surface area contributed by atoms with Crippen LogP contribution >= 0.6 is 0 Å². The standard InChI is InChI=1S/C12H17N3O3/c1-4-5-15(7-11(17)18)9-6-10(16)14-12(13-9)8(2)3/h4,6,8H,1,5,7H2,2-3H3,(H,17,18)(H,13,14,16). The number of aromatic amines is 1. The Kier molecular flexibility index (Phi) is 4.65. The maximum Gasteiger partial charge on any atom is 0.323 e. The molecule has 0 aliphatic rings. The number of anilines is 1. The first-order valence-corrected chi connectivity index (χ1v) is 5.63. The molecule has 6 nitrogen and oxygen atoms in total. The Morgan fingerprint density at radius 3 is 2.83 bits per heavy atom. The predicted octanol–water partition coefficient (Wildman–Crippen LogP) is 0.970. The molecule has 0 bridgehead atoms. The number of hydrogen-bond donors (Lipinski definition) is 2. The minimum Gasteiger partial charge on any atom is -0.480 e. The molecule has 0 saturated heterocycles. The van der Waals surface area contributed by atoms with E-state index in [1.165, 1.54) is 11.0 Å². The Balaban J connectivity index is 3.14. The minimum absolute atomic E-state index is 0.0630. The van der Waals surface area contributed by atoms with Crippen molar-refractivity contribution in [2.24, 2.45) is 0 Å². The third kappa shape index (κ3) is 3.73. The molecule has 1 aromatic rings. The Labute approximate surface area is 105 Å². The summed E-state index contributed by atoms with van der Waals surface area (Å²) in [6.07, 6.45) is 1.57. The van der Waals surface area contributed by atoms with Gasteiger partial charge in [-0.25, -0.2) is 4.98 Å². The number of carbonyl (C=O) groups is 1. The van der Waals surface area contributed by atoms with Crippen LogP contribution in [0.2, 0.25) is 0 Å². The molecule has 2 N–H and O–H groups in total. The highest BCUT2D eigenvalue weighted by Crippen LogP contribution is 2.12. The van der Waals surface area contributed by atoms with Crippen molar-refractivity contribution in [3.8, 4) is 0 Å². The third-order valence-corrected chi connectivity index (χ3v) is 2.29. The van der Waals surface area contributed by atoms with E-state index in [9.17, 15) is 9.59 Å². The smallest absolute Gasteiger partial charge is 0.323 e. The predicted molar refractivity (Wildman–Crippen MR) is 69.0 cm³/mol. The first-order chi connectivity index (χ1) is 8.43. The maximum absolute atomic E-state index is 11.5. The van der Waals surface area contributed by atoms with Crippen molar-refractivity contribution in [1.29, 1.82) is 0 Å². The van der Waals surface area contributed by atoms with Crippen molar-refractivity contribution in [3.05, 3.63) is 34.9 Å². The van der Waals surface area contributed by atoms with Gasteiger partial charge in [-0.1, -0.05) is 19.9 Å². The van der Waals surface area contributed by atoms with Gasteiger partial charge in [-0.3, -0.25) is 9.59 Å². The average molecular weight is 251 g/mol. The van der Waals surface area contributed by atoms with Crippen molar-refractivity contribution in [1.82, 2.24) is 9.97 Å². The highest BCUT2D eigenvalue weighted by atomic mass is 16.4. The molecule has 6 heteroatoms. The van der Waals surface area contributed by atoms with E-state index in [1.54, 1.807) is 6.08 Å². The normalized spacial score (nSPS) is 10.4. The van der Waals surface area contributed by atoms with Crippen LogP contribution in [0.15, 0.2) is 23.5 Å². The van der Waals surface area contributed by atoms with E-state index in [2.05, 4.69) is 16.5 Å². The van der Waals surface area contributed by atoms with E-state index >= 15 is 0 Å². The maximum atomic E-state index is 11.5. The van der Waals surface area contributed by atoms with Gasteiger partial charge in [0.05, 0.1) is 0 Å². The van der Waals surface area contributed by atoms with Gasteiger partial charge >= 0.3 is 5.97 Å². The second-order valence-electron chi connectivity index (χ2n) is 4.21. The average Bonchev–Trinajstić information content (AvgIpc) is 2.27. The van der Waals surface area contributed by atoms with E-state index in [-0.39, 0.29) is 18.0 Å². The second kappa shape index (κ2) is 6.00. The molecular formula is C12H17N3O3. The summed E-state index contributed by atoms with van der Waals surface area (Å²) in [6, 6.07) is 1.29. The SMILES string of the molecule is C=CCN(CC(=O)O)c1cc(=O)[nH]c(C(C)C)n1. The first-order valence-electron chi connectivity index (χ1n) is 5.63. The van der Waals surface area contributed by atoms with Gasteiger partial charge in [-0.2, -0.15) is 0 Å². The topological polar surface area (TPSA) is 86.3 Å². The van der Waals surface area contributed by atoms with Gasteiger partial charge in [0.25, 0.3) is 5.56 Å². The third-order valence-electron chi connectivity index (χ3n) is 2.29. The van der Waals surface area contributed by atoms with Crippen molar-refractivity contribution in [2.45, 2.75) is 19.8 Å². The molecule has 18 heavy (non-hydrogen) atoms. The zero-order valence-corrected chi connectivity index (χ0v) is 10.5. The fraction of sp³-hybridized carbons (Fsp3) is 0.417. The molecule has 0 amide bonds. The quantitative estimate of drug-likeness (QED) is 0.736. The molecule has 1 rings (SSSR count). The van der Waals surface area contributed by atoms with Crippen LogP contribution in [0.25, 0.3) is 0 Å².